The molecule has 1 saturated carbocycles. The molecule has 1 aromatic heterocycles. The van der Waals surface area contributed by atoms with Crippen molar-refractivity contribution < 1.29 is 22.7 Å². The molecule has 2 aliphatic heterocycles. The van der Waals surface area contributed by atoms with Crippen LogP contribution in [-0.2, 0) is 10.0 Å². The molecule has 31 heavy (non-hydrogen) atoms. The quantitative estimate of drug-likeness (QED) is 0.707. The SMILES string of the molecule is O=C(Nc1ccc2c(c1)OC1(CCCCC1)O2)c1sccc1S(=O)(=O)N1CCSCC1. The summed E-state index contributed by atoms with van der Waals surface area (Å²) in [6, 6.07) is 6.82. The Bertz CT molecular complexity index is 1090. The zero-order valence-corrected chi connectivity index (χ0v) is 19.4. The van der Waals surface area contributed by atoms with Gasteiger partial charge in [0.25, 0.3) is 11.7 Å². The fourth-order valence-corrected chi connectivity index (χ4v) is 8.12. The van der Waals surface area contributed by atoms with Crippen LogP contribution in [0.1, 0.15) is 41.8 Å². The number of ether oxygens (including phenoxy) is 2. The Morgan fingerprint density at radius 2 is 1.77 bits per heavy atom. The van der Waals surface area contributed by atoms with Crippen LogP contribution < -0.4 is 14.8 Å². The van der Waals surface area contributed by atoms with Crippen molar-refractivity contribution in [1.82, 2.24) is 4.31 Å². The molecule has 1 N–H and O–H groups in total. The van der Waals surface area contributed by atoms with Crippen molar-refractivity contribution in [2.75, 3.05) is 29.9 Å². The van der Waals surface area contributed by atoms with Gasteiger partial charge in [0.05, 0.1) is 0 Å². The number of fused-ring (bicyclic) bond motifs is 1. The lowest BCUT2D eigenvalue weighted by molar-refractivity contribution is -0.105. The maximum atomic E-state index is 13.1. The Labute approximate surface area is 190 Å². The number of rotatable bonds is 4. The molecular formula is C21H24N2O5S3. The fraction of sp³-hybridized carbons (Fsp3) is 0.476. The van der Waals surface area contributed by atoms with Gasteiger partial charge in [0.1, 0.15) is 9.77 Å². The molecule has 5 rings (SSSR count). The molecule has 2 aromatic rings. The molecule has 3 aliphatic rings. The molecule has 166 valence electrons. The molecule has 1 saturated heterocycles. The highest BCUT2D eigenvalue weighted by molar-refractivity contribution is 7.99. The first-order chi connectivity index (χ1) is 15.0. The molecule has 1 spiro atoms. The molecule has 0 bridgehead atoms. The van der Waals surface area contributed by atoms with Crippen molar-refractivity contribution in [2.45, 2.75) is 42.8 Å². The van der Waals surface area contributed by atoms with Gasteiger partial charge in [0, 0.05) is 49.2 Å². The van der Waals surface area contributed by atoms with Crippen molar-refractivity contribution in [1.29, 1.82) is 0 Å². The van der Waals surface area contributed by atoms with Gasteiger partial charge in [-0.2, -0.15) is 16.1 Å². The largest absolute Gasteiger partial charge is 0.448 e. The van der Waals surface area contributed by atoms with Gasteiger partial charge in [-0.3, -0.25) is 4.79 Å². The summed E-state index contributed by atoms with van der Waals surface area (Å²) in [5.74, 6) is 1.82. The second kappa shape index (κ2) is 8.31. The molecule has 0 atom stereocenters. The van der Waals surface area contributed by atoms with Crippen LogP contribution in [0.3, 0.4) is 0 Å². The molecule has 2 fully saturated rings. The van der Waals surface area contributed by atoms with Crippen LogP contribution in [0.15, 0.2) is 34.5 Å². The first-order valence-electron chi connectivity index (χ1n) is 10.5. The number of benzene rings is 1. The molecule has 0 unspecified atom stereocenters. The summed E-state index contributed by atoms with van der Waals surface area (Å²) >= 11 is 2.87. The van der Waals surface area contributed by atoms with Crippen LogP contribution in [0, 0.1) is 0 Å². The van der Waals surface area contributed by atoms with Crippen molar-refractivity contribution in [2.24, 2.45) is 0 Å². The van der Waals surface area contributed by atoms with Crippen LogP contribution in [0.2, 0.25) is 0 Å². The van der Waals surface area contributed by atoms with Gasteiger partial charge in [-0.1, -0.05) is 6.42 Å². The number of hydrogen-bond donors (Lipinski definition) is 1. The maximum Gasteiger partial charge on any atom is 0.267 e. The third kappa shape index (κ3) is 4.06. The summed E-state index contributed by atoms with van der Waals surface area (Å²) < 4.78 is 39.8. The lowest BCUT2D eigenvalue weighted by atomic mass is 9.94. The standard InChI is InChI=1S/C21H24N2O5S3/c24-20(19-18(6-11-30-19)31(25,26)23-9-12-29-13-10-23)22-15-4-5-16-17(14-15)28-21(27-16)7-2-1-3-8-21/h4-6,11,14H,1-3,7-10,12-13H2,(H,22,24). The average Bonchev–Trinajstić information content (AvgIpc) is 3.40. The van der Waals surface area contributed by atoms with Gasteiger partial charge in [0.2, 0.25) is 10.0 Å². The van der Waals surface area contributed by atoms with E-state index in [-0.39, 0.29) is 9.77 Å². The van der Waals surface area contributed by atoms with Gasteiger partial charge in [-0.25, -0.2) is 8.42 Å². The number of carbonyl (C=O) groups is 1. The Morgan fingerprint density at radius 1 is 1.03 bits per heavy atom. The topological polar surface area (TPSA) is 84.9 Å². The number of anilines is 1. The highest BCUT2D eigenvalue weighted by atomic mass is 32.2. The maximum absolute atomic E-state index is 13.1. The van der Waals surface area contributed by atoms with E-state index in [1.54, 1.807) is 35.3 Å². The molecule has 10 heteroatoms. The second-order valence-electron chi connectivity index (χ2n) is 7.92. The van der Waals surface area contributed by atoms with E-state index in [9.17, 15) is 13.2 Å². The Kier molecular flexibility index (Phi) is 5.66. The Balaban J connectivity index is 1.33. The zero-order chi connectivity index (χ0) is 21.5. The fourth-order valence-electron chi connectivity index (χ4n) is 4.25. The van der Waals surface area contributed by atoms with Crippen LogP contribution in [0.4, 0.5) is 5.69 Å². The molecule has 1 aromatic carbocycles. The van der Waals surface area contributed by atoms with E-state index >= 15 is 0 Å². The third-order valence-corrected chi connectivity index (χ3v) is 9.76. The van der Waals surface area contributed by atoms with Gasteiger partial charge in [-0.15, -0.1) is 11.3 Å². The van der Waals surface area contributed by atoms with Crippen molar-refractivity contribution in [3.63, 3.8) is 0 Å². The molecular weight excluding hydrogens is 456 g/mol. The molecule has 7 nitrogen and oxygen atoms in total. The Morgan fingerprint density at radius 3 is 2.55 bits per heavy atom. The molecule has 1 aliphatic carbocycles. The first-order valence-corrected chi connectivity index (χ1v) is 13.9. The number of amides is 1. The van der Waals surface area contributed by atoms with Gasteiger partial charge in [-0.05, 0) is 36.4 Å². The lowest BCUT2D eigenvalue weighted by Gasteiger charge is -2.31. The summed E-state index contributed by atoms with van der Waals surface area (Å²) in [6.07, 6.45) is 5.05. The minimum Gasteiger partial charge on any atom is -0.448 e. The minimum absolute atomic E-state index is 0.0730. The summed E-state index contributed by atoms with van der Waals surface area (Å²) in [5, 5.41) is 4.48. The number of carbonyl (C=O) groups excluding carboxylic acids is 1. The van der Waals surface area contributed by atoms with Crippen molar-refractivity contribution >= 4 is 44.7 Å². The van der Waals surface area contributed by atoms with Gasteiger partial charge in [0.15, 0.2) is 11.5 Å². The van der Waals surface area contributed by atoms with Gasteiger partial charge >= 0.3 is 0 Å². The zero-order valence-electron chi connectivity index (χ0n) is 17.0. The molecule has 0 radical (unpaired) electrons. The predicted octanol–water partition coefficient (Wildman–Crippen LogP) is 4.17. The van der Waals surface area contributed by atoms with E-state index in [4.69, 9.17) is 9.47 Å². The summed E-state index contributed by atoms with van der Waals surface area (Å²) in [7, 11) is -3.69. The predicted molar refractivity (Wildman–Crippen MR) is 122 cm³/mol. The molecule has 3 heterocycles. The number of sulfonamides is 1. The number of nitrogens with zero attached hydrogens (tertiary/aromatic N) is 1. The van der Waals surface area contributed by atoms with Crippen LogP contribution >= 0.6 is 23.1 Å². The summed E-state index contributed by atoms with van der Waals surface area (Å²) in [6.45, 7) is 0.932. The molecule has 1 amide bonds. The van der Waals surface area contributed by atoms with E-state index in [2.05, 4.69) is 5.32 Å². The van der Waals surface area contributed by atoms with Gasteiger partial charge < -0.3 is 14.8 Å². The number of thioether (sulfide) groups is 1. The summed E-state index contributed by atoms with van der Waals surface area (Å²) in [5.41, 5.74) is 0.548. The number of nitrogens with one attached hydrogen (secondary N) is 1. The van der Waals surface area contributed by atoms with Crippen molar-refractivity contribution in [3.8, 4) is 11.5 Å². The second-order valence-corrected chi connectivity index (χ2v) is 12.0. The minimum atomic E-state index is -3.69. The highest BCUT2D eigenvalue weighted by Gasteiger charge is 2.42. The highest BCUT2D eigenvalue weighted by Crippen LogP contribution is 2.46. The lowest BCUT2D eigenvalue weighted by Crippen LogP contribution is -2.40. The van der Waals surface area contributed by atoms with E-state index in [0.717, 1.165) is 48.5 Å². The monoisotopic (exact) mass is 480 g/mol. The Hall–Kier alpha value is -1.75. The van der Waals surface area contributed by atoms with E-state index in [0.29, 0.717) is 30.3 Å². The van der Waals surface area contributed by atoms with Crippen molar-refractivity contribution in [3.05, 3.63) is 34.5 Å². The van der Waals surface area contributed by atoms with Crippen LogP contribution in [0.5, 0.6) is 11.5 Å². The number of hydrogen-bond acceptors (Lipinski definition) is 7. The summed E-state index contributed by atoms with van der Waals surface area (Å²) in [4.78, 5) is 13.2. The van der Waals surface area contributed by atoms with E-state index < -0.39 is 21.7 Å². The normalized spacial score (nSPS) is 20.6. The van der Waals surface area contributed by atoms with E-state index in [1.165, 1.54) is 16.8 Å². The smallest absolute Gasteiger partial charge is 0.267 e. The van der Waals surface area contributed by atoms with Crippen LogP contribution in [-0.4, -0.2) is 49.0 Å². The van der Waals surface area contributed by atoms with Crippen LogP contribution in [0.25, 0.3) is 0 Å². The first kappa shape index (κ1) is 21.1. The van der Waals surface area contributed by atoms with E-state index in [1.807, 2.05) is 0 Å². The average molecular weight is 481 g/mol. The third-order valence-electron chi connectivity index (χ3n) is 5.83. The number of thiophene rings is 1.